The summed E-state index contributed by atoms with van der Waals surface area (Å²) in [4.78, 5) is 32.5. The molecule has 40 heavy (non-hydrogen) atoms. The van der Waals surface area contributed by atoms with E-state index >= 15 is 0 Å². The third-order valence-corrected chi connectivity index (χ3v) is 6.50. The summed E-state index contributed by atoms with van der Waals surface area (Å²) in [5.41, 5.74) is 4.39. The average Bonchev–Trinajstić information content (AvgIpc) is 3.58. The van der Waals surface area contributed by atoms with Gasteiger partial charge in [0.15, 0.2) is 0 Å². The van der Waals surface area contributed by atoms with Gasteiger partial charge in [0, 0.05) is 17.5 Å². The molecule has 2 heterocycles. The van der Waals surface area contributed by atoms with Gasteiger partial charge in [-0.25, -0.2) is 14.2 Å². The number of benzene rings is 3. The number of halogens is 1. The number of aryl methyl sites for hydroxylation is 2. The third kappa shape index (κ3) is 5.83. The summed E-state index contributed by atoms with van der Waals surface area (Å²) in [6, 6.07) is 16.1. The van der Waals surface area contributed by atoms with Gasteiger partial charge in [-0.3, -0.25) is 4.79 Å². The molecule has 1 amide bonds. The number of carbonyl (C=O) groups is 2. The van der Waals surface area contributed by atoms with Crippen molar-refractivity contribution >= 4 is 28.9 Å². The van der Waals surface area contributed by atoms with E-state index in [1.54, 1.807) is 31.2 Å². The van der Waals surface area contributed by atoms with E-state index in [0.29, 0.717) is 52.0 Å². The zero-order valence-corrected chi connectivity index (χ0v) is 21.9. The number of aromatic amines is 1. The van der Waals surface area contributed by atoms with Crippen molar-refractivity contribution in [1.29, 1.82) is 0 Å². The van der Waals surface area contributed by atoms with Gasteiger partial charge in [-0.05, 0) is 66.4 Å². The average molecular weight is 543 g/mol. The van der Waals surface area contributed by atoms with Gasteiger partial charge in [0.1, 0.15) is 11.9 Å². The minimum Gasteiger partial charge on any atom is -0.480 e. The molecule has 0 spiro atoms. The topological polar surface area (TPSA) is 146 Å². The van der Waals surface area contributed by atoms with E-state index in [2.05, 4.69) is 30.8 Å². The standard InChI is InChI=1S/C29H27FN6O4/c1-3-18-14-20(30)12-16(2)25(18)26(37)32-23(28(38)39)13-17-8-10-19(11-9-17)27-36-35-24(40-27)15-31-29-33-21-6-4-5-7-22(21)34-29/h4-12,14,23H,3,13,15H2,1-2H3,(H,32,37)(H,38,39)(H2,31,33,34). The Hall–Kier alpha value is -5.06. The number of carbonyl (C=O) groups excluding carboxylic acids is 1. The molecule has 0 fully saturated rings. The van der Waals surface area contributed by atoms with Crippen molar-refractivity contribution in [1.82, 2.24) is 25.5 Å². The van der Waals surface area contributed by atoms with Gasteiger partial charge >= 0.3 is 5.97 Å². The van der Waals surface area contributed by atoms with Crippen LogP contribution in [0.1, 0.15) is 39.9 Å². The lowest BCUT2D eigenvalue weighted by Gasteiger charge is -2.17. The van der Waals surface area contributed by atoms with Crippen LogP contribution in [0.4, 0.5) is 10.3 Å². The van der Waals surface area contributed by atoms with Crippen LogP contribution in [0.2, 0.25) is 0 Å². The molecule has 1 atom stereocenters. The first kappa shape index (κ1) is 26.5. The molecule has 0 aliphatic rings. The fourth-order valence-electron chi connectivity index (χ4n) is 4.50. The van der Waals surface area contributed by atoms with Crippen LogP contribution in [-0.4, -0.2) is 43.2 Å². The van der Waals surface area contributed by atoms with E-state index in [0.717, 1.165) is 11.0 Å². The summed E-state index contributed by atoms with van der Waals surface area (Å²) in [5, 5.41) is 23.6. The van der Waals surface area contributed by atoms with Gasteiger partial charge in [0.05, 0.1) is 17.6 Å². The molecule has 0 saturated carbocycles. The van der Waals surface area contributed by atoms with Crippen LogP contribution < -0.4 is 10.6 Å². The monoisotopic (exact) mass is 542 g/mol. The fourth-order valence-corrected chi connectivity index (χ4v) is 4.50. The quantitative estimate of drug-likeness (QED) is 0.199. The third-order valence-electron chi connectivity index (χ3n) is 6.50. The predicted molar refractivity (Wildman–Crippen MR) is 146 cm³/mol. The van der Waals surface area contributed by atoms with Crippen LogP contribution in [0.3, 0.4) is 0 Å². The number of aliphatic carboxylic acids is 1. The molecule has 0 aliphatic carbocycles. The number of aromatic nitrogens is 4. The van der Waals surface area contributed by atoms with Crippen molar-refractivity contribution in [2.45, 2.75) is 39.3 Å². The molecule has 1 unspecified atom stereocenters. The molecule has 10 nitrogen and oxygen atoms in total. The number of hydrogen-bond donors (Lipinski definition) is 4. The number of anilines is 1. The maximum absolute atomic E-state index is 13.8. The van der Waals surface area contributed by atoms with Gasteiger partial charge in [-0.15, -0.1) is 10.2 Å². The van der Waals surface area contributed by atoms with Gasteiger partial charge < -0.3 is 25.1 Å². The predicted octanol–water partition coefficient (Wildman–Crippen LogP) is 4.66. The molecule has 5 aromatic rings. The van der Waals surface area contributed by atoms with E-state index in [1.165, 1.54) is 12.1 Å². The number of carboxylic acids is 1. The van der Waals surface area contributed by atoms with E-state index in [4.69, 9.17) is 4.42 Å². The molecule has 3 aromatic carbocycles. The van der Waals surface area contributed by atoms with Gasteiger partial charge in [-0.2, -0.15) is 0 Å². The van der Waals surface area contributed by atoms with E-state index in [9.17, 15) is 19.1 Å². The van der Waals surface area contributed by atoms with Crippen LogP contribution in [-0.2, 0) is 24.2 Å². The highest BCUT2D eigenvalue weighted by atomic mass is 19.1. The summed E-state index contributed by atoms with van der Waals surface area (Å²) < 4.78 is 19.6. The number of hydrogen-bond acceptors (Lipinski definition) is 7. The van der Waals surface area contributed by atoms with Crippen LogP contribution in [0, 0.1) is 12.7 Å². The Balaban J connectivity index is 1.22. The highest BCUT2D eigenvalue weighted by molar-refractivity contribution is 5.99. The highest BCUT2D eigenvalue weighted by Crippen LogP contribution is 2.21. The first-order valence-corrected chi connectivity index (χ1v) is 12.7. The van der Waals surface area contributed by atoms with Crippen LogP contribution in [0.5, 0.6) is 0 Å². The number of amides is 1. The summed E-state index contributed by atoms with van der Waals surface area (Å²) in [5.74, 6) is -0.880. The van der Waals surface area contributed by atoms with Gasteiger partial charge in [0.25, 0.3) is 5.91 Å². The lowest BCUT2D eigenvalue weighted by atomic mass is 9.98. The number of carboxylic acid groups (broad SMARTS) is 1. The van der Waals surface area contributed by atoms with Crippen molar-refractivity contribution < 1.29 is 23.5 Å². The maximum atomic E-state index is 13.8. The molecule has 11 heteroatoms. The largest absolute Gasteiger partial charge is 0.480 e. The normalized spacial score (nSPS) is 11.9. The number of imidazole rings is 1. The Morgan fingerprint density at radius 3 is 2.60 bits per heavy atom. The summed E-state index contributed by atoms with van der Waals surface area (Å²) >= 11 is 0. The Kier molecular flexibility index (Phi) is 7.54. The molecule has 0 saturated heterocycles. The molecule has 5 rings (SSSR count). The lowest BCUT2D eigenvalue weighted by molar-refractivity contribution is -0.139. The van der Waals surface area contributed by atoms with Gasteiger partial charge in [0.2, 0.25) is 17.7 Å². The van der Waals surface area contributed by atoms with E-state index in [-0.39, 0.29) is 13.0 Å². The fraction of sp³-hybridized carbons (Fsp3) is 0.207. The molecule has 204 valence electrons. The first-order valence-electron chi connectivity index (χ1n) is 12.7. The number of nitrogens with one attached hydrogen (secondary N) is 3. The highest BCUT2D eigenvalue weighted by Gasteiger charge is 2.24. The maximum Gasteiger partial charge on any atom is 0.326 e. The molecule has 0 bridgehead atoms. The lowest BCUT2D eigenvalue weighted by Crippen LogP contribution is -2.42. The number of nitrogens with zero attached hydrogens (tertiary/aromatic N) is 3. The van der Waals surface area contributed by atoms with Crippen molar-refractivity contribution in [2.24, 2.45) is 0 Å². The molecular formula is C29H27FN6O4. The summed E-state index contributed by atoms with van der Waals surface area (Å²) in [6.07, 6.45) is 0.494. The van der Waals surface area contributed by atoms with E-state index < -0.39 is 23.7 Å². The van der Waals surface area contributed by atoms with Crippen molar-refractivity contribution in [3.8, 4) is 11.5 Å². The molecule has 0 radical (unpaired) electrons. The Morgan fingerprint density at radius 1 is 1.10 bits per heavy atom. The smallest absolute Gasteiger partial charge is 0.326 e. The SMILES string of the molecule is CCc1cc(F)cc(C)c1C(=O)NC(Cc1ccc(-c2nnc(CNc3nc4ccccc4[nH]3)o2)cc1)C(=O)O. The zero-order valence-electron chi connectivity index (χ0n) is 21.9. The minimum atomic E-state index is -1.17. The number of H-pyrrole nitrogens is 1. The van der Waals surface area contributed by atoms with Crippen LogP contribution >= 0.6 is 0 Å². The Labute approximate surface area is 228 Å². The van der Waals surface area contributed by atoms with Crippen LogP contribution in [0.25, 0.3) is 22.5 Å². The molecule has 2 aromatic heterocycles. The summed E-state index contributed by atoms with van der Waals surface area (Å²) in [6.45, 7) is 3.71. The Bertz CT molecular complexity index is 1640. The molecule has 4 N–H and O–H groups in total. The zero-order chi connectivity index (χ0) is 28.2. The summed E-state index contributed by atoms with van der Waals surface area (Å²) in [7, 11) is 0. The van der Waals surface area contributed by atoms with Crippen molar-refractivity contribution in [3.05, 3.63) is 94.6 Å². The minimum absolute atomic E-state index is 0.0551. The second-order valence-corrected chi connectivity index (χ2v) is 9.33. The number of rotatable bonds is 10. The van der Waals surface area contributed by atoms with Crippen molar-refractivity contribution in [3.63, 3.8) is 0 Å². The first-order chi connectivity index (χ1) is 19.3. The number of fused-ring (bicyclic) bond motifs is 1. The second kappa shape index (κ2) is 11.4. The molecule has 0 aliphatic heterocycles. The van der Waals surface area contributed by atoms with E-state index in [1.807, 2.05) is 31.2 Å². The van der Waals surface area contributed by atoms with Crippen LogP contribution in [0.15, 0.2) is 65.1 Å². The second-order valence-electron chi connectivity index (χ2n) is 9.33. The molecular weight excluding hydrogens is 515 g/mol. The van der Waals surface area contributed by atoms with Crippen molar-refractivity contribution in [2.75, 3.05) is 5.32 Å². The Morgan fingerprint density at radius 2 is 1.88 bits per heavy atom. The van der Waals surface area contributed by atoms with Gasteiger partial charge in [-0.1, -0.05) is 31.2 Å². The number of para-hydroxylation sites is 2.